The molecule has 0 amide bonds. The second-order valence-corrected chi connectivity index (χ2v) is 5.95. The van der Waals surface area contributed by atoms with Gasteiger partial charge in [0.15, 0.2) is 12.2 Å². The highest BCUT2D eigenvalue weighted by molar-refractivity contribution is 5.70. The maximum Gasteiger partial charge on any atom is 0.321 e. The lowest BCUT2D eigenvalue weighted by Crippen LogP contribution is -2.47. The summed E-state index contributed by atoms with van der Waals surface area (Å²) in [7, 11) is 0. The Morgan fingerprint density at radius 3 is 3.04 bits per heavy atom. The van der Waals surface area contributed by atoms with E-state index in [0.717, 1.165) is 0 Å². The van der Waals surface area contributed by atoms with Gasteiger partial charge in [-0.25, -0.2) is 0 Å². The van der Waals surface area contributed by atoms with Crippen molar-refractivity contribution in [2.75, 3.05) is 0 Å². The number of hydrogen-bond donors (Lipinski definition) is 0. The molecule has 0 aromatic carbocycles. The molecule has 5 nitrogen and oxygen atoms in total. The van der Waals surface area contributed by atoms with Gasteiger partial charge in [-0.1, -0.05) is 25.7 Å². The zero-order chi connectivity index (χ0) is 16.4. The number of ether oxygens (including phenoxy) is 4. The topological polar surface area (TPSA) is 57.3 Å². The molecule has 2 fully saturated rings. The Morgan fingerprint density at radius 1 is 1.48 bits per heavy atom. The first-order valence-electron chi connectivity index (χ1n) is 7.57. The number of esters is 1. The van der Waals surface area contributed by atoms with Gasteiger partial charge in [-0.05, 0) is 30.8 Å². The second kappa shape index (κ2) is 6.02. The van der Waals surface area contributed by atoms with Crippen molar-refractivity contribution in [3.05, 3.63) is 24.2 Å². The molecule has 2 saturated heterocycles. The minimum absolute atomic E-state index is 0.204. The zero-order valence-corrected chi connectivity index (χ0v) is 13.3. The summed E-state index contributed by atoms with van der Waals surface area (Å²) in [4.78, 5) is 11.9. The Labute approximate surface area is 135 Å². The Balaban J connectivity index is 1.71. The molecule has 3 rings (SSSR count). The summed E-state index contributed by atoms with van der Waals surface area (Å²) in [5.74, 6) is 10.2. The van der Waals surface area contributed by atoms with Gasteiger partial charge in [0.2, 0.25) is 6.10 Å². The molecule has 0 saturated carbocycles. The van der Waals surface area contributed by atoms with Crippen LogP contribution in [0.15, 0.2) is 24.2 Å². The van der Waals surface area contributed by atoms with Crippen LogP contribution >= 0.6 is 0 Å². The van der Waals surface area contributed by atoms with Crippen LogP contribution in [0.1, 0.15) is 27.2 Å². The van der Waals surface area contributed by atoms with Crippen LogP contribution in [-0.2, 0) is 23.7 Å². The van der Waals surface area contributed by atoms with Gasteiger partial charge in [0.25, 0.3) is 0 Å². The molecule has 3 aliphatic heterocycles. The number of epoxide rings is 1. The Bertz CT molecular complexity index is 682. The monoisotopic (exact) mass is 314 g/mol. The van der Waals surface area contributed by atoms with E-state index in [9.17, 15) is 4.79 Å². The normalized spacial score (nSPS) is 34.1. The van der Waals surface area contributed by atoms with Crippen molar-refractivity contribution < 1.29 is 23.7 Å². The summed E-state index contributed by atoms with van der Waals surface area (Å²) in [5, 5.41) is 0. The SMILES string of the molecule is CC#CC#CC=C1O[C@@]2(OC=C[C@@H]2OC(=O)CC(C)C)[C@@H]2O[C@H]12. The fraction of sp³-hybridized carbons (Fsp3) is 0.500. The first-order valence-corrected chi connectivity index (χ1v) is 7.57. The molecule has 0 bridgehead atoms. The van der Waals surface area contributed by atoms with Gasteiger partial charge in [0.1, 0.15) is 5.76 Å². The molecule has 23 heavy (non-hydrogen) atoms. The zero-order valence-electron chi connectivity index (χ0n) is 13.3. The number of carbonyl (C=O) groups excluding carboxylic acids is 1. The van der Waals surface area contributed by atoms with Crippen LogP contribution in [0.3, 0.4) is 0 Å². The maximum atomic E-state index is 11.9. The van der Waals surface area contributed by atoms with Gasteiger partial charge in [0, 0.05) is 12.5 Å². The third-order valence-electron chi connectivity index (χ3n) is 3.66. The lowest BCUT2D eigenvalue weighted by Gasteiger charge is -2.30. The highest BCUT2D eigenvalue weighted by atomic mass is 16.8. The molecule has 0 N–H and O–H groups in total. The van der Waals surface area contributed by atoms with Crippen molar-refractivity contribution in [2.24, 2.45) is 5.92 Å². The third-order valence-corrected chi connectivity index (χ3v) is 3.66. The molecule has 1 spiro atoms. The van der Waals surface area contributed by atoms with E-state index in [1.165, 1.54) is 6.26 Å². The number of carbonyl (C=O) groups is 1. The van der Waals surface area contributed by atoms with Gasteiger partial charge in [-0.2, -0.15) is 0 Å². The van der Waals surface area contributed by atoms with E-state index in [1.54, 1.807) is 19.1 Å². The Hall–Kier alpha value is -2.37. The predicted molar refractivity (Wildman–Crippen MR) is 81.3 cm³/mol. The lowest BCUT2D eigenvalue weighted by atomic mass is 10.1. The molecular formula is C18H18O5. The number of hydrogen-bond acceptors (Lipinski definition) is 5. The van der Waals surface area contributed by atoms with E-state index in [1.807, 2.05) is 13.8 Å². The van der Waals surface area contributed by atoms with Gasteiger partial charge < -0.3 is 18.9 Å². The number of allylic oxidation sites excluding steroid dienone is 1. The number of rotatable bonds is 3. The average molecular weight is 314 g/mol. The summed E-state index contributed by atoms with van der Waals surface area (Å²) in [5.41, 5.74) is 0. The standard InChI is InChI=1S/C18H18O5/c1-4-5-6-7-8-13-16-17(22-16)18(23-13)14(9-10-20-18)21-15(19)11-12(2)3/h8-10,12,14,16-17H,11H2,1-3H3/t14-,16+,17+,18+/m0/s1. The van der Waals surface area contributed by atoms with E-state index in [-0.39, 0.29) is 24.1 Å². The molecule has 3 heterocycles. The first kappa shape index (κ1) is 15.5. The van der Waals surface area contributed by atoms with Crippen molar-refractivity contribution in [1.29, 1.82) is 0 Å². The summed E-state index contributed by atoms with van der Waals surface area (Å²) >= 11 is 0. The van der Waals surface area contributed by atoms with E-state index in [4.69, 9.17) is 18.9 Å². The van der Waals surface area contributed by atoms with Crippen LogP contribution in [0, 0.1) is 29.6 Å². The van der Waals surface area contributed by atoms with Crippen LogP contribution in [0.2, 0.25) is 0 Å². The number of fused-ring (bicyclic) bond motifs is 2. The molecule has 0 unspecified atom stereocenters. The van der Waals surface area contributed by atoms with Crippen molar-refractivity contribution in [1.82, 2.24) is 0 Å². The smallest absolute Gasteiger partial charge is 0.321 e. The second-order valence-electron chi connectivity index (χ2n) is 5.95. The molecule has 0 aromatic rings. The maximum absolute atomic E-state index is 11.9. The largest absolute Gasteiger partial charge is 0.454 e. The highest BCUT2D eigenvalue weighted by Gasteiger charge is 2.72. The molecule has 3 aliphatic rings. The fourth-order valence-corrected chi connectivity index (χ4v) is 2.63. The van der Waals surface area contributed by atoms with E-state index < -0.39 is 11.9 Å². The Morgan fingerprint density at radius 2 is 2.30 bits per heavy atom. The van der Waals surface area contributed by atoms with Gasteiger partial charge >= 0.3 is 11.8 Å². The first-order chi connectivity index (χ1) is 11.1. The molecule has 4 atom stereocenters. The molecule has 0 radical (unpaired) electrons. The molecule has 5 heteroatoms. The lowest BCUT2D eigenvalue weighted by molar-refractivity contribution is -0.228. The van der Waals surface area contributed by atoms with Crippen LogP contribution in [0.4, 0.5) is 0 Å². The van der Waals surface area contributed by atoms with Gasteiger partial charge in [-0.15, -0.1) is 0 Å². The molecule has 0 aliphatic carbocycles. The van der Waals surface area contributed by atoms with Crippen molar-refractivity contribution >= 4 is 5.97 Å². The van der Waals surface area contributed by atoms with E-state index in [0.29, 0.717) is 12.2 Å². The molecule has 0 aromatic heterocycles. The summed E-state index contributed by atoms with van der Waals surface area (Å²) < 4.78 is 22.6. The molecule has 120 valence electrons. The van der Waals surface area contributed by atoms with E-state index >= 15 is 0 Å². The predicted octanol–water partition coefficient (Wildman–Crippen LogP) is 1.89. The average Bonchev–Trinajstić information content (AvgIpc) is 3.12. The van der Waals surface area contributed by atoms with Crippen LogP contribution < -0.4 is 0 Å². The molecular weight excluding hydrogens is 296 g/mol. The van der Waals surface area contributed by atoms with Crippen molar-refractivity contribution in [3.8, 4) is 23.7 Å². The van der Waals surface area contributed by atoms with E-state index in [2.05, 4.69) is 23.7 Å². The van der Waals surface area contributed by atoms with Crippen LogP contribution in [0.25, 0.3) is 0 Å². The highest BCUT2D eigenvalue weighted by Crippen LogP contribution is 2.53. The Kier molecular flexibility index (Phi) is 4.07. The van der Waals surface area contributed by atoms with Gasteiger partial charge in [-0.3, -0.25) is 4.79 Å². The van der Waals surface area contributed by atoms with Crippen molar-refractivity contribution in [3.63, 3.8) is 0 Å². The summed E-state index contributed by atoms with van der Waals surface area (Å²) in [6.45, 7) is 5.64. The minimum atomic E-state index is -1.12. The minimum Gasteiger partial charge on any atom is -0.454 e. The van der Waals surface area contributed by atoms with Gasteiger partial charge in [0.05, 0.1) is 6.26 Å². The van der Waals surface area contributed by atoms with Crippen LogP contribution in [0.5, 0.6) is 0 Å². The fourth-order valence-electron chi connectivity index (χ4n) is 2.63. The summed E-state index contributed by atoms with van der Waals surface area (Å²) in [6, 6.07) is 0. The summed E-state index contributed by atoms with van der Waals surface area (Å²) in [6.07, 6.45) is 4.01. The van der Waals surface area contributed by atoms with Crippen molar-refractivity contribution in [2.45, 2.75) is 51.3 Å². The third kappa shape index (κ3) is 2.93. The van der Waals surface area contributed by atoms with Crippen LogP contribution in [-0.4, -0.2) is 30.1 Å². The quantitative estimate of drug-likeness (QED) is 0.452.